The van der Waals surface area contributed by atoms with E-state index in [1.54, 1.807) is 0 Å². The van der Waals surface area contributed by atoms with E-state index in [0.717, 1.165) is 13.0 Å². The molecule has 1 fully saturated rings. The Morgan fingerprint density at radius 3 is 2.87 bits per heavy atom. The highest BCUT2D eigenvalue weighted by molar-refractivity contribution is 4.85. The SMILES string of the molecule is C#CCCN(CCC)CC1CCCCN1. The molecule has 0 aliphatic carbocycles. The van der Waals surface area contributed by atoms with Gasteiger partial charge in [-0.2, -0.15) is 0 Å². The van der Waals surface area contributed by atoms with Crippen molar-refractivity contribution in [2.45, 2.75) is 45.1 Å². The van der Waals surface area contributed by atoms with E-state index in [9.17, 15) is 0 Å². The minimum absolute atomic E-state index is 0.697. The summed E-state index contributed by atoms with van der Waals surface area (Å²) >= 11 is 0. The van der Waals surface area contributed by atoms with Gasteiger partial charge >= 0.3 is 0 Å². The molecular weight excluding hydrogens is 184 g/mol. The molecule has 0 spiro atoms. The summed E-state index contributed by atoms with van der Waals surface area (Å²) in [5.41, 5.74) is 0. The lowest BCUT2D eigenvalue weighted by Gasteiger charge is -2.30. The van der Waals surface area contributed by atoms with Crippen LogP contribution in [0.4, 0.5) is 0 Å². The summed E-state index contributed by atoms with van der Waals surface area (Å²) in [5.74, 6) is 2.73. The lowest BCUT2D eigenvalue weighted by molar-refractivity contribution is 0.228. The van der Waals surface area contributed by atoms with Crippen molar-refractivity contribution in [1.82, 2.24) is 10.2 Å². The van der Waals surface area contributed by atoms with Crippen LogP contribution >= 0.6 is 0 Å². The zero-order valence-corrected chi connectivity index (χ0v) is 9.97. The van der Waals surface area contributed by atoms with Crippen molar-refractivity contribution < 1.29 is 0 Å². The molecular formula is C13H24N2. The van der Waals surface area contributed by atoms with Crippen LogP contribution in [0.15, 0.2) is 0 Å². The number of piperidine rings is 1. The summed E-state index contributed by atoms with van der Waals surface area (Å²) < 4.78 is 0. The van der Waals surface area contributed by atoms with Gasteiger partial charge in [-0.25, -0.2) is 0 Å². The van der Waals surface area contributed by atoms with Gasteiger partial charge < -0.3 is 10.2 Å². The van der Waals surface area contributed by atoms with Crippen LogP contribution < -0.4 is 5.32 Å². The fourth-order valence-electron chi connectivity index (χ4n) is 2.22. The van der Waals surface area contributed by atoms with Crippen molar-refractivity contribution in [3.8, 4) is 12.3 Å². The molecule has 0 aromatic heterocycles. The first kappa shape index (κ1) is 12.5. The molecule has 1 rings (SSSR count). The van der Waals surface area contributed by atoms with E-state index < -0.39 is 0 Å². The molecule has 0 aromatic rings. The predicted molar refractivity (Wildman–Crippen MR) is 65.8 cm³/mol. The smallest absolute Gasteiger partial charge is 0.0214 e. The molecule has 0 bridgehead atoms. The Hall–Kier alpha value is -0.520. The third kappa shape index (κ3) is 5.20. The van der Waals surface area contributed by atoms with E-state index in [-0.39, 0.29) is 0 Å². The van der Waals surface area contributed by atoms with E-state index in [2.05, 4.69) is 23.1 Å². The van der Waals surface area contributed by atoms with Gasteiger partial charge in [0.25, 0.3) is 0 Å². The first-order valence-corrected chi connectivity index (χ1v) is 6.26. The van der Waals surface area contributed by atoms with Gasteiger partial charge in [0.1, 0.15) is 0 Å². The van der Waals surface area contributed by atoms with Gasteiger partial charge in [-0.05, 0) is 32.4 Å². The molecule has 1 heterocycles. The topological polar surface area (TPSA) is 15.3 Å². The predicted octanol–water partition coefficient (Wildman–Crippen LogP) is 1.86. The molecule has 2 nitrogen and oxygen atoms in total. The lowest BCUT2D eigenvalue weighted by Crippen LogP contribution is -2.44. The second-order valence-corrected chi connectivity index (χ2v) is 4.40. The monoisotopic (exact) mass is 208 g/mol. The Balaban J connectivity index is 2.25. The van der Waals surface area contributed by atoms with Crippen LogP contribution in [-0.4, -0.2) is 37.1 Å². The van der Waals surface area contributed by atoms with E-state index in [1.165, 1.54) is 45.3 Å². The van der Waals surface area contributed by atoms with Gasteiger partial charge in [-0.15, -0.1) is 12.3 Å². The van der Waals surface area contributed by atoms with Crippen LogP contribution in [0.1, 0.15) is 39.0 Å². The highest BCUT2D eigenvalue weighted by atomic mass is 15.1. The summed E-state index contributed by atoms with van der Waals surface area (Å²) in [6.07, 6.45) is 11.5. The molecule has 1 aliphatic rings. The van der Waals surface area contributed by atoms with Gasteiger partial charge in [0.15, 0.2) is 0 Å². The first-order chi connectivity index (χ1) is 7.36. The molecule has 15 heavy (non-hydrogen) atoms. The minimum atomic E-state index is 0.697. The second-order valence-electron chi connectivity index (χ2n) is 4.40. The molecule has 1 atom stereocenters. The third-order valence-corrected chi connectivity index (χ3v) is 3.00. The molecule has 1 N–H and O–H groups in total. The summed E-state index contributed by atoms with van der Waals surface area (Å²) in [4.78, 5) is 2.50. The van der Waals surface area contributed by atoms with Crippen molar-refractivity contribution in [3.63, 3.8) is 0 Å². The normalized spacial score (nSPS) is 21.5. The van der Waals surface area contributed by atoms with Crippen LogP contribution in [0, 0.1) is 12.3 Å². The molecule has 0 radical (unpaired) electrons. The van der Waals surface area contributed by atoms with Crippen LogP contribution in [-0.2, 0) is 0 Å². The Morgan fingerprint density at radius 2 is 2.27 bits per heavy atom. The molecule has 2 heteroatoms. The molecule has 1 aliphatic heterocycles. The highest BCUT2D eigenvalue weighted by Crippen LogP contribution is 2.09. The minimum Gasteiger partial charge on any atom is -0.313 e. The number of hydrogen-bond acceptors (Lipinski definition) is 2. The number of nitrogens with one attached hydrogen (secondary N) is 1. The quantitative estimate of drug-likeness (QED) is 0.670. The molecule has 1 saturated heterocycles. The summed E-state index contributed by atoms with van der Waals surface area (Å²) in [7, 11) is 0. The lowest BCUT2D eigenvalue weighted by atomic mass is 10.0. The van der Waals surface area contributed by atoms with E-state index in [0.29, 0.717) is 6.04 Å². The van der Waals surface area contributed by atoms with Crippen LogP contribution in [0.3, 0.4) is 0 Å². The Bertz CT molecular complexity index is 189. The number of terminal acetylenes is 1. The molecule has 0 aromatic carbocycles. The zero-order valence-electron chi connectivity index (χ0n) is 9.97. The van der Waals surface area contributed by atoms with Crippen LogP contribution in [0.5, 0.6) is 0 Å². The zero-order chi connectivity index (χ0) is 10.9. The van der Waals surface area contributed by atoms with Gasteiger partial charge in [-0.1, -0.05) is 13.3 Å². The first-order valence-electron chi connectivity index (χ1n) is 6.26. The highest BCUT2D eigenvalue weighted by Gasteiger charge is 2.15. The third-order valence-electron chi connectivity index (χ3n) is 3.00. The van der Waals surface area contributed by atoms with E-state index in [1.807, 2.05) is 0 Å². The van der Waals surface area contributed by atoms with Gasteiger partial charge in [0, 0.05) is 25.6 Å². The Kier molecular flexibility index (Phi) is 6.47. The van der Waals surface area contributed by atoms with Crippen molar-refractivity contribution >= 4 is 0 Å². The number of hydrogen-bond donors (Lipinski definition) is 1. The Labute approximate surface area is 94.4 Å². The fourth-order valence-corrected chi connectivity index (χ4v) is 2.22. The fraction of sp³-hybridized carbons (Fsp3) is 0.846. The maximum atomic E-state index is 5.31. The second kappa shape index (κ2) is 7.73. The van der Waals surface area contributed by atoms with Gasteiger partial charge in [0.2, 0.25) is 0 Å². The largest absolute Gasteiger partial charge is 0.313 e. The van der Waals surface area contributed by atoms with E-state index >= 15 is 0 Å². The summed E-state index contributed by atoms with van der Waals surface area (Å²) in [5, 5.41) is 3.59. The molecule has 86 valence electrons. The molecule has 1 unspecified atom stereocenters. The maximum Gasteiger partial charge on any atom is 0.0214 e. The van der Waals surface area contributed by atoms with E-state index in [4.69, 9.17) is 6.42 Å². The Morgan fingerprint density at radius 1 is 1.40 bits per heavy atom. The number of nitrogens with zero attached hydrogens (tertiary/aromatic N) is 1. The summed E-state index contributed by atoms with van der Waals surface area (Å²) in [6.45, 7) is 6.84. The van der Waals surface area contributed by atoms with Gasteiger partial charge in [0.05, 0.1) is 0 Å². The average Bonchev–Trinajstić information content (AvgIpc) is 2.28. The van der Waals surface area contributed by atoms with Crippen molar-refractivity contribution in [3.05, 3.63) is 0 Å². The van der Waals surface area contributed by atoms with Crippen molar-refractivity contribution in [2.24, 2.45) is 0 Å². The van der Waals surface area contributed by atoms with Crippen molar-refractivity contribution in [1.29, 1.82) is 0 Å². The maximum absolute atomic E-state index is 5.31. The molecule has 0 saturated carbocycles. The standard InChI is InChI=1S/C13H24N2/c1-3-5-11-15(10-4-2)12-13-8-6-7-9-14-13/h1,13-14H,4-12H2,2H3. The van der Waals surface area contributed by atoms with Crippen LogP contribution in [0.25, 0.3) is 0 Å². The average molecular weight is 208 g/mol. The van der Waals surface area contributed by atoms with Crippen molar-refractivity contribution in [2.75, 3.05) is 26.2 Å². The molecule has 0 amide bonds. The van der Waals surface area contributed by atoms with Crippen LogP contribution in [0.2, 0.25) is 0 Å². The summed E-state index contributed by atoms with van der Waals surface area (Å²) in [6, 6.07) is 0.697. The van der Waals surface area contributed by atoms with Gasteiger partial charge in [-0.3, -0.25) is 0 Å². The number of rotatable bonds is 6.